The third-order valence-electron chi connectivity index (χ3n) is 2.82. The maximum Gasteiger partial charge on any atom is 0.150 e. The van der Waals surface area contributed by atoms with Crippen molar-refractivity contribution in [2.45, 2.75) is 52.1 Å². The van der Waals surface area contributed by atoms with Gasteiger partial charge in [-0.15, -0.1) is 0 Å². The molecule has 0 unspecified atom stereocenters. The fraction of sp³-hybridized carbons (Fsp3) is 0.533. The molecule has 2 heteroatoms. The first kappa shape index (κ1) is 13.8. The van der Waals surface area contributed by atoms with E-state index >= 15 is 0 Å². The number of ether oxygens (including phenoxy) is 1. The molecule has 1 aromatic carbocycles. The van der Waals surface area contributed by atoms with E-state index in [1.165, 1.54) is 25.7 Å². The largest absolute Gasteiger partial charge is 0.491 e. The van der Waals surface area contributed by atoms with E-state index in [9.17, 15) is 4.79 Å². The number of aldehydes is 1. The second kappa shape index (κ2) is 7.88. The van der Waals surface area contributed by atoms with E-state index in [4.69, 9.17) is 4.74 Å². The molecule has 17 heavy (non-hydrogen) atoms. The molecule has 0 aliphatic carbocycles. The summed E-state index contributed by atoms with van der Waals surface area (Å²) in [6.07, 6.45) is 7.26. The zero-order chi connectivity index (χ0) is 12.5. The summed E-state index contributed by atoms with van der Waals surface area (Å²) in [5.41, 5.74) is 0.688. The van der Waals surface area contributed by atoms with Crippen LogP contribution in [0.4, 0.5) is 0 Å². The Balaban J connectivity index is 2.29. The van der Waals surface area contributed by atoms with E-state index < -0.39 is 0 Å². The molecular weight excluding hydrogens is 212 g/mol. The van der Waals surface area contributed by atoms with Crippen molar-refractivity contribution < 1.29 is 9.53 Å². The minimum atomic E-state index is 0.244. The van der Waals surface area contributed by atoms with E-state index in [1.54, 1.807) is 12.1 Å². The minimum Gasteiger partial charge on any atom is -0.491 e. The van der Waals surface area contributed by atoms with Crippen LogP contribution in [0.2, 0.25) is 0 Å². The Morgan fingerprint density at radius 2 is 1.88 bits per heavy atom. The molecule has 1 rings (SSSR count). The SMILES string of the molecule is CCCCCC[C@H](C)Oc1ccc(C=O)cc1. The summed E-state index contributed by atoms with van der Waals surface area (Å²) < 4.78 is 5.78. The Labute approximate surface area is 104 Å². The lowest BCUT2D eigenvalue weighted by atomic mass is 10.1. The zero-order valence-corrected chi connectivity index (χ0v) is 10.8. The van der Waals surface area contributed by atoms with Gasteiger partial charge in [0.25, 0.3) is 0 Å². The van der Waals surface area contributed by atoms with Crippen LogP contribution in [0.5, 0.6) is 5.75 Å². The van der Waals surface area contributed by atoms with E-state index in [0.29, 0.717) is 5.56 Å². The highest BCUT2D eigenvalue weighted by molar-refractivity contribution is 5.74. The molecule has 0 aliphatic rings. The highest BCUT2D eigenvalue weighted by atomic mass is 16.5. The van der Waals surface area contributed by atoms with Crippen LogP contribution < -0.4 is 4.74 Å². The molecule has 1 aromatic rings. The lowest BCUT2D eigenvalue weighted by molar-refractivity contribution is 0.112. The highest BCUT2D eigenvalue weighted by Crippen LogP contribution is 2.15. The molecular formula is C15H22O2. The first-order chi connectivity index (χ1) is 8.26. The summed E-state index contributed by atoms with van der Waals surface area (Å²) in [6.45, 7) is 4.31. The number of unbranched alkanes of at least 4 members (excludes halogenated alkanes) is 3. The maximum atomic E-state index is 10.5. The normalized spacial score (nSPS) is 12.1. The zero-order valence-electron chi connectivity index (χ0n) is 10.8. The summed E-state index contributed by atoms with van der Waals surface area (Å²) in [4.78, 5) is 10.5. The third-order valence-corrected chi connectivity index (χ3v) is 2.82. The molecule has 0 heterocycles. The van der Waals surface area contributed by atoms with E-state index in [-0.39, 0.29) is 6.10 Å². The van der Waals surface area contributed by atoms with Gasteiger partial charge in [-0.05, 0) is 44.0 Å². The number of benzene rings is 1. The van der Waals surface area contributed by atoms with Gasteiger partial charge in [-0.25, -0.2) is 0 Å². The molecule has 0 aliphatic heterocycles. The van der Waals surface area contributed by atoms with Crippen molar-refractivity contribution in [3.63, 3.8) is 0 Å². The first-order valence-electron chi connectivity index (χ1n) is 6.48. The molecule has 0 saturated carbocycles. The van der Waals surface area contributed by atoms with Gasteiger partial charge in [0.05, 0.1) is 6.10 Å². The molecule has 94 valence electrons. The third kappa shape index (κ3) is 5.53. The van der Waals surface area contributed by atoms with Gasteiger partial charge in [-0.3, -0.25) is 4.79 Å². The van der Waals surface area contributed by atoms with Crippen LogP contribution in [0.15, 0.2) is 24.3 Å². The van der Waals surface area contributed by atoms with Crippen molar-refractivity contribution in [1.29, 1.82) is 0 Å². The molecule has 0 aromatic heterocycles. The van der Waals surface area contributed by atoms with Crippen LogP contribution in [0.25, 0.3) is 0 Å². The van der Waals surface area contributed by atoms with Crippen LogP contribution in [0.3, 0.4) is 0 Å². The Kier molecular flexibility index (Phi) is 6.38. The maximum absolute atomic E-state index is 10.5. The molecule has 0 radical (unpaired) electrons. The summed E-state index contributed by atoms with van der Waals surface area (Å²) in [7, 11) is 0. The summed E-state index contributed by atoms with van der Waals surface area (Å²) >= 11 is 0. The van der Waals surface area contributed by atoms with Gasteiger partial charge in [-0.1, -0.05) is 26.2 Å². The van der Waals surface area contributed by atoms with Gasteiger partial charge < -0.3 is 4.74 Å². The first-order valence-corrected chi connectivity index (χ1v) is 6.48. The van der Waals surface area contributed by atoms with Crippen LogP contribution in [0.1, 0.15) is 56.3 Å². The summed E-state index contributed by atoms with van der Waals surface area (Å²) in [6, 6.07) is 7.27. The highest BCUT2D eigenvalue weighted by Gasteiger charge is 2.03. The van der Waals surface area contributed by atoms with Gasteiger partial charge >= 0.3 is 0 Å². The summed E-state index contributed by atoms with van der Waals surface area (Å²) in [5.74, 6) is 0.846. The molecule has 0 fully saturated rings. The average molecular weight is 234 g/mol. The van der Waals surface area contributed by atoms with E-state index in [1.807, 2.05) is 12.1 Å². The van der Waals surface area contributed by atoms with Gasteiger partial charge in [0.1, 0.15) is 12.0 Å². The monoisotopic (exact) mass is 234 g/mol. The molecule has 0 spiro atoms. The van der Waals surface area contributed by atoms with Crippen molar-refractivity contribution in [3.05, 3.63) is 29.8 Å². The molecule has 0 bridgehead atoms. The Hall–Kier alpha value is -1.31. The summed E-state index contributed by atoms with van der Waals surface area (Å²) in [5, 5.41) is 0. The second-order valence-electron chi connectivity index (χ2n) is 4.46. The number of carbonyl (C=O) groups is 1. The predicted molar refractivity (Wildman–Crippen MR) is 70.7 cm³/mol. The quantitative estimate of drug-likeness (QED) is 0.497. The van der Waals surface area contributed by atoms with Crippen molar-refractivity contribution in [3.8, 4) is 5.75 Å². The lowest BCUT2D eigenvalue weighted by Gasteiger charge is -2.14. The van der Waals surface area contributed by atoms with Crippen molar-refractivity contribution in [2.75, 3.05) is 0 Å². The predicted octanol–water partition coefficient (Wildman–Crippen LogP) is 4.24. The number of rotatable bonds is 8. The molecule has 0 N–H and O–H groups in total. The number of hydrogen-bond donors (Lipinski definition) is 0. The van der Waals surface area contributed by atoms with Crippen LogP contribution in [-0.2, 0) is 0 Å². The molecule has 1 atom stereocenters. The smallest absolute Gasteiger partial charge is 0.150 e. The minimum absolute atomic E-state index is 0.244. The van der Waals surface area contributed by atoms with Gasteiger partial charge in [-0.2, -0.15) is 0 Å². The Morgan fingerprint density at radius 3 is 2.47 bits per heavy atom. The number of carbonyl (C=O) groups excluding carboxylic acids is 1. The Morgan fingerprint density at radius 1 is 1.18 bits per heavy atom. The van der Waals surface area contributed by atoms with Gasteiger partial charge in [0.15, 0.2) is 0 Å². The van der Waals surface area contributed by atoms with Crippen molar-refractivity contribution >= 4 is 6.29 Å². The topological polar surface area (TPSA) is 26.3 Å². The fourth-order valence-electron chi connectivity index (χ4n) is 1.77. The van der Waals surface area contributed by atoms with Gasteiger partial charge in [0, 0.05) is 5.56 Å². The number of hydrogen-bond acceptors (Lipinski definition) is 2. The molecule has 2 nitrogen and oxygen atoms in total. The average Bonchev–Trinajstić information content (AvgIpc) is 2.36. The van der Waals surface area contributed by atoms with E-state index in [2.05, 4.69) is 13.8 Å². The molecule has 0 saturated heterocycles. The lowest BCUT2D eigenvalue weighted by Crippen LogP contribution is -2.11. The van der Waals surface area contributed by atoms with Crippen molar-refractivity contribution in [2.24, 2.45) is 0 Å². The van der Waals surface area contributed by atoms with Crippen LogP contribution >= 0.6 is 0 Å². The van der Waals surface area contributed by atoms with E-state index in [0.717, 1.165) is 18.5 Å². The fourth-order valence-corrected chi connectivity index (χ4v) is 1.77. The standard InChI is InChI=1S/C15H22O2/c1-3-4-5-6-7-13(2)17-15-10-8-14(12-16)9-11-15/h8-13H,3-7H2,1-2H3/t13-/m0/s1. The molecule has 0 amide bonds. The second-order valence-corrected chi connectivity index (χ2v) is 4.46. The van der Waals surface area contributed by atoms with Crippen LogP contribution in [0, 0.1) is 0 Å². The van der Waals surface area contributed by atoms with Gasteiger partial charge in [0.2, 0.25) is 0 Å². The Bertz CT molecular complexity index is 316. The van der Waals surface area contributed by atoms with Crippen molar-refractivity contribution in [1.82, 2.24) is 0 Å². The van der Waals surface area contributed by atoms with Crippen LogP contribution in [-0.4, -0.2) is 12.4 Å².